The third-order valence-electron chi connectivity index (χ3n) is 2.84. The van der Waals surface area contributed by atoms with Crippen molar-refractivity contribution in [1.82, 2.24) is 4.90 Å². The van der Waals surface area contributed by atoms with Crippen molar-refractivity contribution < 1.29 is 19.4 Å². The number of thiocarbonyl (C=S) groups is 1. The second-order valence-electron chi connectivity index (χ2n) is 4.25. The average Bonchev–Trinajstić information content (AvgIpc) is 2.72. The summed E-state index contributed by atoms with van der Waals surface area (Å²) in [7, 11) is 1.59. The number of carbonyl (C=O) groups excluding carboxylic acids is 1. The van der Waals surface area contributed by atoms with Gasteiger partial charge in [0, 0.05) is 6.54 Å². The highest BCUT2D eigenvalue weighted by Crippen LogP contribution is 2.32. The molecule has 1 aliphatic rings. The molecule has 1 aromatic carbocycles. The molecule has 1 saturated heterocycles. The smallest absolute Gasteiger partial charge is 0.305 e. The van der Waals surface area contributed by atoms with Crippen molar-refractivity contribution in [1.29, 1.82) is 0 Å². The highest BCUT2D eigenvalue weighted by molar-refractivity contribution is 8.26. The number of carboxylic acid groups (broad SMARTS) is 1. The highest BCUT2D eigenvalue weighted by Gasteiger charge is 2.31. The number of hydrogen-bond donors (Lipinski definition) is 1. The first-order chi connectivity index (χ1) is 10.0. The largest absolute Gasteiger partial charge is 0.497 e. The highest BCUT2D eigenvalue weighted by atomic mass is 32.2. The molecule has 110 valence electrons. The lowest BCUT2D eigenvalue weighted by molar-refractivity contribution is -0.137. The lowest BCUT2D eigenvalue weighted by Crippen LogP contribution is -2.30. The molecular formula is C14H13NO4S2. The third-order valence-corrected chi connectivity index (χ3v) is 4.21. The molecule has 0 saturated carbocycles. The van der Waals surface area contributed by atoms with Gasteiger partial charge in [0.1, 0.15) is 10.1 Å². The summed E-state index contributed by atoms with van der Waals surface area (Å²) in [4.78, 5) is 24.6. The van der Waals surface area contributed by atoms with Crippen LogP contribution in [-0.4, -0.2) is 39.9 Å². The number of hydrogen-bond acceptors (Lipinski definition) is 5. The van der Waals surface area contributed by atoms with E-state index in [-0.39, 0.29) is 18.9 Å². The summed E-state index contributed by atoms with van der Waals surface area (Å²) in [5.41, 5.74) is 0.856. The molecule has 0 aromatic heterocycles. The zero-order valence-electron chi connectivity index (χ0n) is 11.2. The SMILES string of the molecule is COc1ccc(/C=C2\SC(=S)N(CCC(=O)O)C2=O)cc1. The first-order valence-electron chi connectivity index (χ1n) is 6.12. The number of carbonyl (C=O) groups is 2. The Morgan fingerprint density at radius 3 is 2.67 bits per heavy atom. The standard InChI is InChI=1S/C14H13NO4S2/c1-19-10-4-2-9(3-5-10)8-11-13(18)15(14(20)21-11)7-6-12(16)17/h2-5,8H,6-7H2,1H3,(H,16,17)/b11-8-. The van der Waals surface area contributed by atoms with Crippen molar-refractivity contribution in [2.45, 2.75) is 6.42 Å². The maximum Gasteiger partial charge on any atom is 0.305 e. The van der Waals surface area contributed by atoms with E-state index < -0.39 is 5.97 Å². The summed E-state index contributed by atoms with van der Waals surface area (Å²) in [5.74, 6) is -0.466. The fraction of sp³-hybridized carbons (Fsp3) is 0.214. The van der Waals surface area contributed by atoms with Gasteiger partial charge in [0.2, 0.25) is 0 Å². The molecule has 0 atom stereocenters. The second-order valence-corrected chi connectivity index (χ2v) is 5.93. The van der Waals surface area contributed by atoms with Gasteiger partial charge in [0.25, 0.3) is 5.91 Å². The maximum absolute atomic E-state index is 12.2. The van der Waals surface area contributed by atoms with Crippen LogP contribution in [0.5, 0.6) is 5.75 Å². The number of aliphatic carboxylic acids is 1. The molecule has 1 fully saturated rings. The van der Waals surface area contributed by atoms with Gasteiger partial charge in [-0.25, -0.2) is 0 Å². The van der Waals surface area contributed by atoms with Gasteiger partial charge >= 0.3 is 5.97 Å². The van der Waals surface area contributed by atoms with Gasteiger partial charge in [-0.2, -0.15) is 0 Å². The number of methoxy groups -OCH3 is 1. The minimum atomic E-state index is -0.955. The van der Waals surface area contributed by atoms with Crippen LogP contribution in [0.25, 0.3) is 6.08 Å². The van der Waals surface area contributed by atoms with Gasteiger partial charge in [-0.15, -0.1) is 0 Å². The quantitative estimate of drug-likeness (QED) is 0.663. The van der Waals surface area contributed by atoms with Crippen molar-refractivity contribution >= 4 is 46.3 Å². The lowest BCUT2D eigenvalue weighted by Gasteiger charge is -2.12. The fourth-order valence-corrected chi connectivity index (χ4v) is 3.06. The lowest BCUT2D eigenvalue weighted by atomic mass is 10.2. The molecule has 0 aliphatic carbocycles. The number of ether oxygens (including phenoxy) is 1. The van der Waals surface area contributed by atoms with Crippen LogP contribution in [0.1, 0.15) is 12.0 Å². The van der Waals surface area contributed by atoms with Gasteiger partial charge < -0.3 is 9.84 Å². The monoisotopic (exact) mass is 323 g/mol. The summed E-state index contributed by atoms with van der Waals surface area (Å²) in [6, 6.07) is 7.28. The van der Waals surface area contributed by atoms with Crippen molar-refractivity contribution in [3.05, 3.63) is 34.7 Å². The zero-order chi connectivity index (χ0) is 15.4. The van der Waals surface area contributed by atoms with Gasteiger partial charge in [0.05, 0.1) is 18.4 Å². The molecule has 1 aromatic rings. The molecule has 1 N–H and O–H groups in total. The number of benzene rings is 1. The van der Waals surface area contributed by atoms with E-state index in [4.69, 9.17) is 22.1 Å². The first-order valence-corrected chi connectivity index (χ1v) is 7.35. The molecular weight excluding hydrogens is 310 g/mol. The minimum absolute atomic E-state index is 0.0972. The van der Waals surface area contributed by atoms with E-state index in [1.807, 2.05) is 12.1 Å². The van der Waals surface area contributed by atoms with Crippen LogP contribution in [-0.2, 0) is 9.59 Å². The molecule has 1 amide bonds. The number of carboxylic acids is 1. The number of thioether (sulfide) groups is 1. The van der Waals surface area contributed by atoms with Crippen LogP contribution in [0.3, 0.4) is 0 Å². The van der Waals surface area contributed by atoms with Crippen LogP contribution in [0, 0.1) is 0 Å². The minimum Gasteiger partial charge on any atom is -0.497 e. The van der Waals surface area contributed by atoms with Crippen LogP contribution in [0.15, 0.2) is 29.2 Å². The molecule has 2 rings (SSSR count). The molecule has 1 aliphatic heterocycles. The Labute approximate surface area is 131 Å². The van der Waals surface area contributed by atoms with E-state index in [2.05, 4.69) is 0 Å². The average molecular weight is 323 g/mol. The predicted octanol–water partition coefficient (Wildman–Crippen LogP) is 2.37. The summed E-state index contributed by atoms with van der Waals surface area (Å²) < 4.78 is 5.46. The van der Waals surface area contributed by atoms with Crippen molar-refractivity contribution in [2.75, 3.05) is 13.7 Å². The Hall–Kier alpha value is -1.86. The van der Waals surface area contributed by atoms with E-state index in [0.29, 0.717) is 9.23 Å². The van der Waals surface area contributed by atoms with Crippen LogP contribution < -0.4 is 4.74 Å². The Kier molecular flexibility index (Phi) is 4.98. The normalized spacial score (nSPS) is 16.6. The molecule has 0 radical (unpaired) electrons. The molecule has 5 nitrogen and oxygen atoms in total. The second kappa shape index (κ2) is 6.73. The topological polar surface area (TPSA) is 66.8 Å². The fourth-order valence-electron chi connectivity index (χ4n) is 1.75. The van der Waals surface area contributed by atoms with Crippen LogP contribution in [0.4, 0.5) is 0 Å². The zero-order valence-corrected chi connectivity index (χ0v) is 12.9. The number of amides is 1. The van der Waals surface area contributed by atoms with Gasteiger partial charge in [-0.1, -0.05) is 36.1 Å². The van der Waals surface area contributed by atoms with Gasteiger partial charge in [-0.3, -0.25) is 14.5 Å². The van der Waals surface area contributed by atoms with Gasteiger partial charge in [-0.05, 0) is 23.8 Å². The molecule has 21 heavy (non-hydrogen) atoms. The molecule has 0 bridgehead atoms. The molecule has 0 unspecified atom stereocenters. The summed E-state index contributed by atoms with van der Waals surface area (Å²) in [6.07, 6.45) is 1.61. The van der Waals surface area contributed by atoms with Crippen molar-refractivity contribution in [3.8, 4) is 5.75 Å². The Balaban J connectivity index is 2.13. The van der Waals surface area contributed by atoms with E-state index in [9.17, 15) is 9.59 Å². The molecule has 0 spiro atoms. The van der Waals surface area contributed by atoms with Crippen molar-refractivity contribution in [2.24, 2.45) is 0 Å². The predicted molar refractivity (Wildman–Crippen MR) is 85.1 cm³/mol. The third kappa shape index (κ3) is 3.83. The summed E-state index contributed by atoms with van der Waals surface area (Å²) >= 11 is 6.30. The number of rotatable bonds is 5. The summed E-state index contributed by atoms with van der Waals surface area (Å²) in [5, 5.41) is 8.68. The van der Waals surface area contributed by atoms with E-state index >= 15 is 0 Å². The Bertz CT molecular complexity index is 610. The first kappa shape index (κ1) is 15.5. The molecule has 7 heteroatoms. The van der Waals surface area contributed by atoms with Crippen LogP contribution >= 0.6 is 24.0 Å². The van der Waals surface area contributed by atoms with Gasteiger partial charge in [0.15, 0.2) is 0 Å². The van der Waals surface area contributed by atoms with E-state index in [0.717, 1.165) is 11.3 Å². The van der Waals surface area contributed by atoms with E-state index in [1.54, 1.807) is 25.3 Å². The maximum atomic E-state index is 12.2. The molecule has 1 heterocycles. The Morgan fingerprint density at radius 1 is 1.43 bits per heavy atom. The van der Waals surface area contributed by atoms with E-state index in [1.165, 1.54) is 16.7 Å². The summed E-state index contributed by atoms with van der Waals surface area (Å²) in [6.45, 7) is 0.0972. The van der Waals surface area contributed by atoms with Crippen LogP contribution in [0.2, 0.25) is 0 Å². The Morgan fingerprint density at radius 2 is 2.10 bits per heavy atom. The van der Waals surface area contributed by atoms with Crippen molar-refractivity contribution in [3.63, 3.8) is 0 Å². The number of nitrogens with zero attached hydrogens (tertiary/aromatic N) is 1.